The van der Waals surface area contributed by atoms with Crippen LogP contribution in [0.4, 0.5) is 0 Å². The molecule has 5 heteroatoms. The summed E-state index contributed by atoms with van der Waals surface area (Å²) in [5.74, 6) is -0.447. The maximum absolute atomic E-state index is 11.1. The second-order valence-corrected chi connectivity index (χ2v) is 2.92. The minimum Gasteiger partial charge on any atom is -0.464 e. The monoisotopic (exact) mass is 191 g/mol. The number of esters is 1. The van der Waals surface area contributed by atoms with Crippen molar-refractivity contribution < 1.29 is 9.53 Å². The molecule has 0 amide bonds. The smallest absolute Gasteiger partial charge is 0.356 e. The summed E-state index contributed by atoms with van der Waals surface area (Å²) in [6.07, 6.45) is 3.44. The van der Waals surface area contributed by atoms with Gasteiger partial charge in [0.05, 0.1) is 12.6 Å². The van der Waals surface area contributed by atoms with E-state index in [1.165, 1.54) is 7.11 Å². The van der Waals surface area contributed by atoms with Crippen LogP contribution in [-0.4, -0.2) is 27.8 Å². The van der Waals surface area contributed by atoms with Crippen LogP contribution in [0, 0.1) is 0 Å². The number of nitrogens with zero attached hydrogens (tertiary/aromatic N) is 3. The summed E-state index contributed by atoms with van der Waals surface area (Å²) in [6.45, 7) is 0. The summed E-state index contributed by atoms with van der Waals surface area (Å²) < 4.78 is 6.23. The predicted molar refractivity (Wildman–Crippen MR) is 49.8 cm³/mol. The summed E-state index contributed by atoms with van der Waals surface area (Å²) in [6, 6.07) is 1.61. The maximum atomic E-state index is 11.1. The van der Waals surface area contributed by atoms with Crippen molar-refractivity contribution in [3.05, 3.63) is 24.2 Å². The van der Waals surface area contributed by atoms with Gasteiger partial charge in [0.2, 0.25) is 0 Å². The molecule has 2 rings (SSSR count). The van der Waals surface area contributed by atoms with Gasteiger partial charge in [0.15, 0.2) is 5.69 Å². The van der Waals surface area contributed by atoms with Crippen LogP contribution in [0.2, 0.25) is 0 Å². The first-order valence-corrected chi connectivity index (χ1v) is 4.08. The van der Waals surface area contributed by atoms with Crippen LogP contribution in [0.15, 0.2) is 18.5 Å². The SMILES string of the molecule is COC(=O)c1cc2nn(C)cc2cn1. The molecule has 0 saturated heterocycles. The molecule has 2 aromatic heterocycles. The van der Waals surface area contributed by atoms with E-state index in [0.29, 0.717) is 0 Å². The molecule has 72 valence electrons. The van der Waals surface area contributed by atoms with Crippen LogP contribution in [0.25, 0.3) is 10.9 Å². The number of methoxy groups -OCH3 is 1. The first-order chi connectivity index (χ1) is 6.70. The second-order valence-electron chi connectivity index (χ2n) is 2.92. The maximum Gasteiger partial charge on any atom is 0.356 e. The van der Waals surface area contributed by atoms with E-state index in [9.17, 15) is 4.79 Å². The standard InChI is InChI=1S/C9H9N3O2/c1-12-5-6-4-10-8(9(13)14-2)3-7(6)11-12/h3-5H,1-2H3. The van der Waals surface area contributed by atoms with Crippen LogP contribution >= 0.6 is 0 Å². The van der Waals surface area contributed by atoms with Gasteiger partial charge >= 0.3 is 5.97 Å². The molecule has 2 aromatic rings. The topological polar surface area (TPSA) is 57.0 Å². The molecular weight excluding hydrogens is 182 g/mol. The van der Waals surface area contributed by atoms with Gasteiger partial charge in [-0.1, -0.05) is 0 Å². The molecule has 0 aliphatic rings. The van der Waals surface area contributed by atoms with E-state index >= 15 is 0 Å². The minimum absolute atomic E-state index is 0.277. The molecule has 0 spiro atoms. The van der Waals surface area contributed by atoms with E-state index in [1.54, 1.807) is 16.9 Å². The fourth-order valence-electron chi connectivity index (χ4n) is 1.26. The number of ether oxygens (including phenoxy) is 1. The van der Waals surface area contributed by atoms with Gasteiger partial charge in [-0.2, -0.15) is 5.10 Å². The summed E-state index contributed by atoms with van der Waals surface area (Å²) in [4.78, 5) is 15.1. The lowest BCUT2D eigenvalue weighted by atomic mass is 10.3. The fourth-order valence-corrected chi connectivity index (χ4v) is 1.26. The number of hydrogen-bond donors (Lipinski definition) is 0. The molecule has 14 heavy (non-hydrogen) atoms. The lowest BCUT2D eigenvalue weighted by Gasteiger charge is -1.96. The van der Waals surface area contributed by atoms with Crippen molar-refractivity contribution in [3.63, 3.8) is 0 Å². The average molecular weight is 191 g/mol. The third-order valence-electron chi connectivity index (χ3n) is 1.90. The van der Waals surface area contributed by atoms with Crippen molar-refractivity contribution in [2.45, 2.75) is 0 Å². The van der Waals surface area contributed by atoms with Crippen molar-refractivity contribution in [3.8, 4) is 0 Å². The largest absolute Gasteiger partial charge is 0.464 e. The lowest BCUT2D eigenvalue weighted by Crippen LogP contribution is -2.03. The van der Waals surface area contributed by atoms with Crippen LogP contribution in [0.5, 0.6) is 0 Å². The van der Waals surface area contributed by atoms with Gasteiger partial charge in [-0.05, 0) is 6.07 Å². The van der Waals surface area contributed by atoms with E-state index in [0.717, 1.165) is 10.9 Å². The molecule has 0 unspecified atom stereocenters. The number of carbonyl (C=O) groups is 1. The van der Waals surface area contributed by atoms with Gasteiger partial charge in [0.1, 0.15) is 0 Å². The Kier molecular flexibility index (Phi) is 1.92. The molecule has 2 heterocycles. The third kappa shape index (κ3) is 1.32. The van der Waals surface area contributed by atoms with E-state index in [-0.39, 0.29) is 5.69 Å². The lowest BCUT2D eigenvalue weighted by molar-refractivity contribution is 0.0594. The van der Waals surface area contributed by atoms with Gasteiger partial charge in [0, 0.05) is 24.8 Å². The van der Waals surface area contributed by atoms with Gasteiger partial charge in [-0.3, -0.25) is 4.68 Å². The number of aromatic nitrogens is 3. The molecule has 5 nitrogen and oxygen atoms in total. The van der Waals surface area contributed by atoms with Crippen molar-refractivity contribution in [2.75, 3.05) is 7.11 Å². The zero-order valence-corrected chi connectivity index (χ0v) is 7.89. The number of fused-ring (bicyclic) bond motifs is 1. The third-order valence-corrected chi connectivity index (χ3v) is 1.90. The van der Waals surface area contributed by atoms with E-state index in [2.05, 4.69) is 14.8 Å². The molecule has 0 radical (unpaired) electrons. The van der Waals surface area contributed by atoms with Crippen LogP contribution in [0.3, 0.4) is 0 Å². The molecule has 0 N–H and O–H groups in total. The highest BCUT2D eigenvalue weighted by atomic mass is 16.5. The molecule has 0 saturated carbocycles. The summed E-state index contributed by atoms with van der Waals surface area (Å²) in [5.41, 5.74) is 1.02. The quantitative estimate of drug-likeness (QED) is 0.624. The Balaban J connectivity index is 2.55. The summed E-state index contributed by atoms with van der Waals surface area (Å²) in [5, 5.41) is 5.06. The Morgan fingerprint density at radius 2 is 2.36 bits per heavy atom. The minimum atomic E-state index is -0.447. The highest BCUT2D eigenvalue weighted by Gasteiger charge is 2.08. The normalized spacial score (nSPS) is 10.4. The van der Waals surface area contributed by atoms with E-state index in [1.807, 2.05) is 13.2 Å². The number of hydrogen-bond acceptors (Lipinski definition) is 4. The number of rotatable bonds is 1. The van der Waals surface area contributed by atoms with Crippen molar-refractivity contribution in [1.29, 1.82) is 0 Å². The zero-order valence-electron chi connectivity index (χ0n) is 7.89. The highest BCUT2D eigenvalue weighted by Crippen LogP contribution is 2.11. The first-order valence-electron chi connectivity index (χ1n) is 4.08. The van der Waals surface area contributed by atoms with Gasteiger partial charge < -0.3 is 4.74 Å². The van der Waals surface area contributed by atoms with E-state index < -0.39 is 5.97 Å². The van der Waals surface area contributed by atoms with Crippen molar-refractivity contribution >= 4 is 16.9 Å². The molecule has 0 aliphatic heterocycles. The molecule has 0 atom stereocenters. The molecule has 0 bridgehead atoms. The van der Waals surface area contributed by atoms with Crippen molar-refractivity contribution in [2.24, 2.45) is 7.05 Å². The fraction of sp³-hybridized carbons (Fsp3) is 0.222. The molecule has 0 aliphatic carbocycles. The van der Waals surface area contributed by atoms with E-state index in [4.69, 9.17) is 0 Å². The first kappa shape index (κ1) is 8.68. The molecule has 0 aromatic carbocycles. The Bertz CT molecular complexity index is 490. The molecule has 0 fully saturated rings. The van der Waals surface area contributed by atoms with Gasteiger partial charge in [-0.15, -0.1) is 0 Å². The van der Waals surface area contributed by atoms with Crippen LogP contribution in [-0.2, 0) is 11.8 Å². The Morgan fingerprint density at radius 1 is 1.57 bits per heavy atom. The predicted octanol–water partition coefficient (Wildman–Crippen LogP) is 0.755. The van der Waals surface area contributed by atoms with Gasteiger partial charge in [0.25, 0.3) is 0 Å². The zero-order chi connectivity index (χ0) is 10.1. The Morgan fingerprint density at radius 3 is 3.07 bits per heavy atom. The number of pyridine rings is 1. The Hall–Kier alpha value is -1.91. The Labute approximate surface area is 80.3 Å². The van der Waals surface area contributed by atoms with Crippen LogP contribution in [0.1, 0.15) is 10.5 Å². The van der Waals surface area contributed by atoms with Gasteiger partial charge in [-0.25, -0.2) is 9.78 Å². The average Bonchev–Trinajstić information content (AvgIpc) is 2.55. The number of aryl methyl sites for hydroxylation is 1. The summed E-state index contributed by atoms with van der Waals surface area (Å²) >= 11 is 0. The molecular formula is C9H9N3O2. The van der Waals surface area contributed by atoms with Crippen LogP contribution < -0.4 is 0 Å². The summed E-state index contributed by atoms with van der Waals surface area (Å²) in [7, 11) is 3.14. The number of carbonyl (C=O) groups excluding carboxylic acids is 1. The second kappa shape index (κ2) is 3.10. The highest BCUT2D eigenvalue weighted by molar-refractivity contribution is 5.91. The van der Waals surface area contributed by atoms with Crippen molar-refractivity contribution in [1.82, 2.24) is 14.8 Å².